The minimum absolute atomic E-state index is 0.268. The first kappa shape index (κ1) is 10.7. The Morgan fingerprint density at radius 1 is 1.53 bits per heavy atom. The molecule has 0 aromatic carbocycles. The highest BCUT2D eigenvalue weighted by Crippen LogP contribution is 2.30. The second kappa shape index (κ2) is 4.37. The van der Waals surface area contributed by atoms with Gasteiger partial charge in [-0.25, -0.2) is 9.99 Å². The molecule has 1 aromatic heterocycles. The number of rotatable bonds is 2. The molecule has 0 spiro atoms. The number of nitrogens with zero attached hydrogens (tertiary/aromatic N) is 3. The summed E-state index contributed by atoms with van der Waals surface area (Å²) >= 11 is 12.0. The van der Waals surface area contributed by atoms with Crippen molar-refractivity contribution < 1.29 is 0 Å². The van der Waals surface area contributed by atoms with Gasteiger partial charge in [-0.1, -0.05) is 30.1 Å². The zero-order valence-electron chi connectivity index (χ0n) is 8.32. The molecule has 0 N–H and O–H groups in total. The number of anilines is 1. The number of hydrazone groups is 1. The van der Waals surface area contributed by atoms with Crippen LogP contribution in [0.3, 0.4) is 0 Å². The SMILES string of the molecule is CCC1CC(Cl)=NN1c1ncccc1Cl. The molecule has 0 saturated carbocycles. The lowest BCUT2D eigenvalue weighted by molar-refractivity contribution is 0.634. The van der Waals surface area contributed by atoms with Crippen LogP contribution in [0.15, 0.2) is 23.4 Å². The first-order valence-electron chi connectivity index (χ1n) is 4.85. The summed E-state index contributed by atoms with van der Waals surface area (Å²) in [5.74, 6) is 0.682. The Labute approximate surface area is 98.7 Å². The highest BCUT2D eigenvalue weighted by Gasteiger charge is 2.27. The zero-order valence-corrected chi connectivity index (χ0v) is 9.83. The molecule has 1 atom stereocenters. The third-order valence-electron chi connectivity index (χ3n) is 2.39. The number of halogens is 2. The molecule has 3 nitrogen and oxygen atoms in total. The third-order valence-corrected chi connectivity index (χ3v) is 2.92. The van der Waals surface area contributed by atoms with Crippen LogP contribution < -0.4 is 5.01 Å². The van der Waals surface area contributed by atoms with Crippen molar-refractivity contribution in [1.82, 2.24) is 4.98 Å². The maximum atomic E-state index is 6.06. The van der Waals surface area contributed by atoms with Crippen LogP contribution in [0, 0.1) is 0 Å². The van der Waals surface area contributed by atoms with Crippen molar-refractivity contribution in [2.75, 3.05) is 5.01 Å². The fourth-order valence-corrected chi connectivity index (χ4v) is 2.07. The van der Waals surface area contributed by atoms with E-state index < -0.39 is 0 Å². The summed E-state index contributed by atoms with van der Waals surface area (Å²) in [7, 11) is 0. The number of hydrogen-bond donors (Lipinski definition) is 0. The quantitative estimate of drug-likeness (QED) is 0.798. The highest BCUT2D eigenvalue weighted by atomic mass is 35.5. The topological polar surface area (TPSA) is 28.5 Å². The summed E-state index contributed by atoms with van der Waals surface area (Å²) < 4.78 is 0. The minimum atomic E-state index is 0.268. The third kappa shape index (κ3) is 2.08. The Kier molecular flexibility index (Phi) is 3.12. The molecular formula is C10H11Cl2N3. The van der Waals surface area contributed by atoms with Gasteiger partial charge in [-0.15, -0.1) is 0 Å². The van der Waals surface area contributed by atoms with Gasteiger partial charge in [0.2, 0.25) is 0 Å². The molecule has 1 unspecified atom stereocenters. The molecule has 0 fully saturated rings. The second-order valence-electron chi connectivity index (χ2n) is 3.40. The maximum absolute atomic E-state index is 6.06. The van der Waals surface area contributed by atoms with Crippen LogP contribution in [-0.2, 0) is 0 Å². The molecule has 0 saturated heterocycles. The van der Waals surface area contributed by atoms with Gasteiger partial charge in [-0.05, 0) is 18.6 Å². The lowest BCUT2D eigenvalue weighted by Crippen LogP contribution is -2.26. The van der Waals surface area contributed by atoms with Crippen molar-refractivity contribution in [3.05, 3.63) is 23.4 Å². The molecule has 15 heavy (non-hydrogen) atoms. The maximum Gasteiger partial charge on any atom is 0.168 e. The van der Waals surface area contributed by atoms with Crippen LogP contribution in [0.2, 0.25) is 5.02 Å². The number of aromatic nitrogens is 1. The monoisotopic (exact) mass is 243 g/mol. The average Bonchev–Trinajstić information content (AvgIpc) is 2.60. The summed E-state index contributed by atoms with van der Waals surface area (Å²) in [5.41, 5.74) is 0. The summed E-state index contributed by atoms with van der Waals surface area (Å²) in [5, 5.41) is 7.27. The Balaban J connectivity index is 2.34. The van der Waals surface area contributed by atoms with Gasteiger partial charge in [0.25, 0.3) is 0 Å². The van der Waals surface area contributed by atoms with Gasteiger partial charge in [0, 0.05) is 12.6 Å². The first-order chi connectivity index (χ1) is 7.22. The van der Waals surface area contributed by atoms with Crippen LogP contribution in [-0.4, -0.2) is 16.2 Å². The van der Waals surface area contributed by atoms with Gasteiger partial charge < -0.3 is 0 Å². The molecule has 80 valence electrons. The van der Waals surface area contributed by atoms with Gasteiger partial charge in [-0.3, -0.25) is 0 Å². The average molecular weight is 244 g/mol. The molecule has 1 aromatic rings. The lowest BCUT2D eigenvalue weighted by Gasteiger charge is -2.21. The Morgan fingerprint density at radius 3 is 3.00 bits per heavy atom. The predicted molar refractivity (Wildman–Crippen MR) is 63.7 cm³/mol. The van der Waals surface area contributed by atoms with E-state index in [1.807, 2.05) is 5.01 Å². The second-order valence-corrected chi connectivity index (χ2v) is 4.24. The van der Waals surface area contributed by atoms with E-state index in [1.54, 1.807) is 18.3 Å². The van der Waals surface area contributed by atoms with Crippen molar-refractivity contribution in [3.63, 3.8) is 0 Å². The summed E-state index contributed by atoms with van der Waals surface area (Å²) in [6.45, 7) is 2.10. The van der Waals surface area contributed by atoms with Crippen molar-refractivity contribution in [3.8, 4) is 0 Å². The lowest BCUT2D eigenvalue weighted by atomic mass is 10.2. The molecule has 0 bridgehead atoms. The molecule has 0 amide bonds. The van der Waals surface area contributed by atoms with E-state index in [2.05, 4.69) is 17.0 Å². The molecule has 2 rings (SSSR count). The normalized spacial score (nSPS) is 20.6. The van der Waals surface area contributed by atoms with Crippen LogP contribution in [0.1, 0.15) is 19.8 Å². The largest absolute Gasteiger partial charge is 0.242 e. The Morgan fingerprint density at radius 2 is 2.33 bits per heavy atom. The van der Waals surface area contributed by atoms with E-state index in [9.17, 15) is 0 Å². The molecular weight excluding hydrogens is 233 g/mol. The fourth-order valence-electron chi connectivity index (χ4n) is 1.60. The molecule has 5 heteroatoms. The smallest absolute Gasteiger partial charge is 0.168 e. The van der Waals surface area contributed by atoms with Crippen LogP contribution in [0.4, 0.5) is 5.82 Å². The first-order valence-corrected chi connectivity index (χ1v) is 5.60. The number of pyridine rings is 1. The standard InChI is InChI=1S/C10H11Cl2N3/c1-2-7-6-9(12)14-15(7)10-8(11)4-3-5-13-10/h3-5,7H,2,6H2,1H3. The minimum Gasteiger partial charge on any atom is -0.242 e. The van der Waals surface area contributed by atoms with Crippen LogP contribution in [0.5, 0.6) is 0 Å². The predicted octanol–water partition coefficient (Wildman–Crippen LogP) is 3.28. The fraction of sp³-hybridized carbons (Fsp3) is 0.400. The summed E-state index contributed by atoms with van der Waals surface area (Å²) in [6, 6.07) is 3.87. The number of hydrogen-bond acceptors (Lipinski definition) is 3. The Bertz CT molecular complexity index is 392. The van der Waals surface area contributed by atoms with Crippen molar-refractivity contribution in [2.24, 2.45) is 5.10 Å². The van der Waals surface area contributed by atoms with Gasteiger partial charge in [0.05, 0.1) is 11.1 Å². The molecule has 1 aliphatic heterocycles. The van der Waals surface area contributed by atoms with Crippen LogP contribution >= 0.6 is 23.2 Å². The van der Waals surface area contributed by atoms with Crippen molar-refractivity contribution >= 4 is 34.2 Å². The van der Waals surface area contributed by atoms with Crippen LogP contribution in [0.25, 0.3) is 0 Å². The van der Waals surface area contributed by atoms with E-state index in [1.165, 1.54) is 0 Å². The van der Waals surface area contributed by atoms with Crippen molar-refractivity contribution in [1.29, 1.82) is 0 Å². The zero-order chi connectivity index (χ0) is 10.8. The van der Waals surface area contributed by atoms with Gasteiger partial charge in [0.1, 0.15) is 5.17 Å². The summed E-state index contributed by atoms with van der Waals surface area (Å²) in [6.07, 6.45) is 3.44. The Hall–Kier alpha value is -0.800. The van der Waals surface area contributed by atoms with Gasteiger partial charge in [0.15, 0.2) is 5.82 Å². The van der Waals surface area contributed by atoms with E-state index in [0.29, 0.717) is 16.0 Å². The van der Waals surface area contributed by atoms with E-state index in [0.717, 1.165) is 12.8 Å². The van der Waals surface area contributed by atoms with E-state index in [-0.39, 0.29) is 6.04 Å². The molecule has 2 heterocycles. The van der Waals surface area contributed by atoms with E-state index >= 15 is 0 Å². The molecule has 0 radical (unpaired) electrons. The molecule has 0 aliphatic carbocycles. The van der Waals surface area contributed by atoms with Crippen molar-refractivity contribution in [2.45, 2.75) is 25.8 Å². The summed E-state index contributed by atoms with van der Waals surface area (Å²) in [4.78, 5) is 4.22. The molecule has 1 aliphatic rings. The highest BCUT2D eigenvalue weighted by molar-refractivity contribution is 6.65. The van der Waals surface area contributed by atoms with Gasteiger partial charge >= 0.3 is 0 Å². The van der Waals surface area contributed by atoms with E-state index in [4.69, 9.17) is 23.2 Å². The van der Waals surface area contributed by atoms with Gasteiger partial charge in [-0.2, -0.15) is 5.10 Å².